The highest BCUT2D eigenvalue weighted by Crippen LogP contribution is 2.20. The number of ether oxygens (including phenoxy) is 1. The SMILES string of the molecule is CC(C)OCCn1c(CCl)nc2c(F)cccc21. The molecule has 0 aliphatic rings. The Morgan fingerprint density at radius 3 is 2.89 bits per heavy atom. The third-order valence-corrected chi connectivity index (χ3v) is 2.93. The average Bonchev–Trinajstić information content (AvgIpc) is 2.69. The highest BCUT2D eigenvalue weighted by molar-refractivity contribution is 6.16. The number of alkyl halides is 1. The second kappa shape index (κ2) is 5.67. The average molecular weight is 271 g/mol. The molecule has 0 unspecified atom stereocenters. The largest absolute Gasteiger partial charge is 0.377 e. The maximum atomic E-state index is 13.6. The number of para-hydroxylation sites is 1. The quantitative estimate of drug-likeness (QED) is 0.779. The van der Waals surface area contributed by atoms with Crippen LogP contribution in [0.4, 0.5) is 4.39 Å². The smallest absolute Gasteiger partial charge is 0.151 e. The summed E-state index contributed by atoms with van der Waals surface area (Å²) >= 11 is 5.85. The van der Waals surface area contributed by atoms with Crippen molar-refractivity contribution in [3.05, 3.63) is 29.8 Å². The maximum absolute atomic E-state index is 13.6. The number of imidazole rings is 1. The van der Waals surface area contributed by atoms with Crippen LogP contribution in [0.25, 0.3) is 11.0 Å². The van der Waals surface area contributed by atoms with Gasteiger partial charge in [0.15, 0.2) is 5.82 Å². The van der Waals surface area contributed by atoms with Gasteiger partial charge in [0.25, 0.3) is 0 Å². The molecular formula is C13H16ClFN2O. The molecule has 0 amide bonds. The molecule has 0 fully saturated rings. The van der Waals surface area contributed by atoms with Gasteiger partial charge in [0, 0.05) is 6.54 Å². The summed E-state index contributed by atoms with van der Waals surface area (Å²) < 4.78 is 21.0. The van der Waals surface area contributed by atoms with Crippen molar-refractivity contribution in [2.45, 2.75) is 32.4 Å². The fraction of sp³-hybridized carbons (Fsp3) is 0.462. The van der Waals surface area contributed by atoms with E-state index in [1.54, 1.807) is 6.07 Å². The lowest BCUT2D eigenvalue weighted by atomic mass is 10.3. The van der Waals surface area contributed by atoms with E-state index in [9.17, 15) is 4.39 Å². The van der Waals surface area contributed by atoms with Gasteiger partial charge in [-0.05, 0) is 26.0 Å². The minimum atomic E-state index is -0.317. The van der Waals surface area contributed by atoms with E-state index in [4.69, 9.17) is 16.3 Å². The van der Waals surface area contributed by atoms with Gasteiger partial charge in [-0.15, -0.1) is 11.6 Å². The van der Waals surface area contributed by atoms with Crippen LogP contribution in [0.5, 0.6) is 0 Å². The Balaban J connectivity index is 2.32. The Morgan fingerprint density at radius 1 is 1.44 bits per heavy atom. The van der Waals surface area contributed by atoms with Crippen molar-refractivity contribution in [3.8, 4) is 0 Å². The summed E-state index contributed by atoms with van der Waals surface area (Å²) in [7, 11) is 0. The molecule has 0 N–H and O–H groups in total. The summed E-state index contributed by atoms with van der Waals surface area (Å²) in [6.07, 6.45) is 0.177. The Bertz CT molecular complexity index is 539. The van der Waals surface area contributed by atoms with Crippen molar-refractivity contribution >= 4 is 22.6 Å². The molecule has 0 aliphatic carbocycles. The van der Waals surface area contributed by atoms with Crippen molar-refractivity contribution in [1.82, 2.24) is 9.55 Å². The van der Waals surface area contributed by atoms with Gasteiger partial charge in [0.1, 0.15) is 11.3 Å². The highest BCUT2D eigenvalue weighted by atomic mass is 35.5. The Hall–Kier alpha value is -1.13. The lowest BCUT2D eigenvalue weighted by Crippen LogP contribution is -2.12. The van der Waals surface area contributed by atoms with Crippen LogP contribution >= 0.6 is 11.6 Å². The van der Waals surface area contributed by atoms with Crippen LogP contribution in [0.2, 0.25) is 0 Å². The van der Waals surface area contributed by atoms with Crippen LogP contribution in [0.1, 0.15) is 19.7 Å². The van der Waals surface area contributed by atoms with Crippen molar-refractivity contribution < 1.29 is 9.13 Å². The second-order valence-electron chi connectivity index (χ2n) is 4.34. The molecule has 1 aromatic heterocycles. The second-order valence-corrected chi connectivity index (χ2v) is 4.61. The van der Waals surface area contributed by atoms with Crippen LogP contribution in [0.15, 0.2) is 18.2 Å². The Kier molecular flexibility index (Phi) is 4.19. The molecule has 0 saturated heterocycles. The molecule has 1 aromatic carbocycles. The molecule has 0 spiro atoms. The summed E-state index contributed by atoms with van der Waals surface area (Å²) in [5.41, 5.74) is 1.13. The van der Waals surface area contributed by atoms with E-state index in [1.165, 1.54) is 6.07 Å². The number of aromatic nitrogens is 2. The third-order valence-electron chi connectivity index (χ3n) is 2.69. The zero-order valence-corrected chi connectivity index (χ0v) is 11.2. The van der Waals surface area contributed by atoms with E-state index in [-0.39, 0.29) is 17.8 Å². The van der Waals surface area contributed by atoms with Crippen LogP contribution in [0, 0.1) is 5.82 Å². The van der Waals surface area contributed by atoms with Crippen molar-refractivity contribution in [2.24, 2.45) is 0 Å². The van der Waals surface area contributed by atoms with Gasteiger partial charge in [-0.25, -0.2) is 9.37 Å². The van der Waals surface area contributed by atoms with Crippen LogP contribution in [-0.4, -0.2) is 22.3 Å². The van der Waals surface area contributed by atoms with Gasteiger partial charge in [0.05, 0.1) is 24.1 Å². The van der Waals surface area contributed by atoms with Gasteiger partial charge in [-0.2, -0.15) is 0 Å². The van der Waals surface area contributed by atoms with Crippen LogP contribution in [0.3, 0.4) is 0 Å². The summed E-state index contributed by atoms with van der Waals surface area (Å²) in [5, 5.41) is 0. The fourth-order valence-electron chi connectivity index (χ4n) is 1.89. The molecule has 5 heteroatoms. The predicted molar refractivity (Wildman–Crippen MR) is 70.3 cm³/mol. The van der Waals surface area contributed by atoms with Crippen molar-refractivity contribution in [3.63, 3.8) is 0 Å². The Labute approximate surface area is 111 Å². The molecule has 2 rings (SSSR count). The number of hydrogen-bond donors (Lipinski definition) is 0. The molecule has 2 aromatic rings. The van der Waals surface area contributed by atoms with E-state index in [0.29, 0.717) is 24.5 Å². The molecule has 0 aliphatic heterocycles. The number of rotatable bonds is 5. The van der Waals surface area contributed by atoms with Gasteiger partial charge in [-0.3, -0.25) is 0 Å². The summed E-state index contributed by atoms with van der Waals surface area (Å²) in [6.45, 7) is 5.14. The van der Waals surface area contributed by atoms with Crippen molar-refractivity contribution in [2.75, 3.05) is 6.61 Å². The minimum absolute atomic E-state index is 0.177. The zero-order valence-electron chi connectivity index (χ0n) is 10.5. The zero-order chi connectivity index (χ0) is 13.1. The monoisotopic (exact) mass is 270 g/mol. The lowest BCUT2D eigenvalue weighted by Gasteiger charge is -2.10. The first-order chi connectivity index (χ1) is 8.63. The molecule has 98 valence electrons. The van der Waals surface area contributed by atoms with E-state index in [2.05, 4.69) is 4.98 Å². The van der Waals surface area contributed by atoms with Crippen molar-refractivity contribution in [1.29, 1.82) is 0 Å². The lowest BCUT2D eigenvalue weighted by molar-refractivity contribution is 0.0729. The van der Waals surface area contributed by atoms with E-state index in [0.717, 1.165) is 5.52 Å². The number of fused-ring (bicyclic) bond motifs is 1. The topological polar surface area (TPSA) is 27.1 Å². The van der Waals surface area contributed by atoms with Gasteiger partial charge >= 0.3 is 0 Å². The first-order valence-electron chi connectivity index (χ1n) is 5.94. The fourth-order valence-corrected chi connectivity index (χ4v) is 2.10. The third kappa shape index (κ3) is 2.65. The van der Waals surface area contributed by atoms with E-state index >= 15 is 0 Å². The maximum Gasteiger partial charge on any atom is 0.151 e. The van der Waals surface area contributed by atoms with Gasteiger partial charge in [0.2, 0.25) is 0 Å². The molecular weight excluding hydrogens is 255 g/mol. The number of benzene rings is 1. The van der Waals surface area contributed by atoms with Gasteiger partial charge in [-0.1, -0.05) is 6.07 Å². The molecule has 18 heavy (non-hydrogen) atoms. The molecule has 0 saturated carbocycles. The minimum Gasteiger partial charge on any atom is -0.377 e. The van der Waals surface area contributed by atoms with Crippen LogP contribution < -0.4 is 0 Å². The van der Waals surface area contributed by atoms with Gasteiger partial charge < -0.3 is 9.30 Å². The molecule has 0 bridgehead atoms. The number of halogens is 2. The first kappa shape index (κ1) is 13.3. The molecule has 0 radical (unpaired) electrons. The predicted octanol–water partition coefficient (Wildman–Crippen LogP) is 3.34. The molecule has 1 heterocycles. The Morgan fingerprint density at radius 2 is 2.22 bits per heavy atom. The van der Waals surface area contributed by atoms with E-state index < -0.39 is 0 Å². The standard InChI is InChI=1S/C13H16ClFN2O/c1-9(2)18-7-6-17-11-5-3-4-10(15)13(11)16-12(17)8-14/h3-5,9H,6-8H2,1-2H3. The normalized spacial score (nSPS) is 11.6. The molecule has 0 atom stereocenters. The van der Waals surface area contributed by atoms with Crippen LogP contribution in [-0.2, 0) is 17.2 Å². The van der Waals surface area contributed by atoms with E-state index in [1.807, 2.05) is 24.5 Å². The highest BCUT2D eigenvalue weighted by Gasteiger charge is 2.12. The summed E-state index contributed by atoms with van der Waals surface area (Å²) in [6, 6.07) is 4.93. The number of nitrogens with zero attached hydrogens (tertiary/aromatic N) is 2. The summed E-state index contributed by atoms with van der Waals surface area (Å²) in [4.78, 5) is 4.23. The molecule has 3 nitrogen and oxygen atoms in total. The number of hydrogen-bond acceptors (Lipinski definition) is 2. The first-order valence-corrected chi connectivity index (χ1v) is 6.48. The summed E-state index contributed by atoms with van der Waals surface area (Å²) in [5.74, 6) is 0.613.